The first-order valence-electron chi connectivity index (χ1n) is 9.12. The molecule has 2 aromatic heterocycles. The Hall–Kier alpha value is -2.54. The van der Waals surface area contributed by atoms with Gasteiger partial charge in [-0.2, -0.15) is 0 Å². The van der Waals surface area contributed by atoms with Crippen molar-refractivity contribution in [3.63, 3.8) is 0 Å². The molecule has 5 rings (SSSR count). The van der Waals surface area contributed by atoms with Gasteiger partial charge in [0.2, 0.25) is 0 Å². The molecule has 0 saturated carbocycles. The topological polar surface area (TPSA) is 25.8 Å². The fourth-order valence-electron chi connectivity index (χ4n) is 3.45. The summed E-state index contributed by atoms with van der Waals surface area (Å²) in [6.45, 7) is 2.10. The first-order chi connectivity index (χ1) is 14.3. The van der Waals surface area contributed by atoms with Crippen molar-refractivity contribution in [3.05, 3.63) is 96.8 Å². The zero-order chi connectivity index (χ0) is 20.2. The number of aryl methyl sites for hydroxylation is 1. The quantitative estimate of drug-likeness (QED) is 0.214. The van der Waals surface area contributed by atoms with Gasteiger partial charge in [-0.25, -0.2) is 0 Å². The predicted molar refractivity (Wildman–Crippen MR) is 117 cm³/mol. The summed E-state index contributed by atoms with van der Waals surface area (Å²) in [7, 11) is 4.61. The van der Waals surface area contributed by atoms with Crippen LogP contribution in [0.15, 0.2) is 85.2 Å². The van der Waals surface area contributed by atoms with Crippen LogP contribution in [0.25, 0.3) is 44.1 Å². The van der Waals surface area contributed by atoms with Gasteiger partial charge in [0, 0.05) is 23.8 Å². The second kappa shape index (κ2) is 8.86. The molecule has 4 heteroatoms. The molecule has 0 fully saturated rings. The van der Waals surface area contributed by atoms with E-state index in [4.69, 9.17) is 0 Å². The number of pyridine rings is 2. The van der Waals surface area contributed by atoms with Gasteiger partial charge >= 0.3 is 28.2 Å². The van der Waals surface area contributed by atoms with Crippen molar-refractivity contribution in [2.75, 3.05) is 0 Å². The SMILES string of the molecule is Cc1cc(-c2cc3ccccc3cn2)[c-]c(-c2cc3ccccc3cn2)c1.[Cl][Pt+]. The van der Waals surface area contributed by atoms with Crippen molar-refractivity contribution in [1.82, 2.24) is 9.97 Å². The summed E-state index contributed by atoms with van der Waals surface area (Å²) >= 11 is 1.61. The number of hydrogen-bond donors (Lipinski definition) is 0. The molecule has 29 heavy (non-hydrogen) atoms. The van der Waals surface area contributed by atoms with E-state index in [1.54, 1.807) is 18.8 Å². The van der Waals surface area contributed by atoms with Gasteiger partial charge < -0.3 is 0 Å². The summed E-state index contributed by atoms with van der Waals surface area (Å²) in [6, 6.07) is 28.6. The van der Waals surface area contributed by atoms with Gasteiger partial charge in [-0.15, -0.1) is 23.8 Å². The summed E-state index contributed by atoms with van der Waals surface area (Å²) in [4.78, 5) is 9.30. The standard InChI is InChI=1S/C25H17N2.ClH.Pt/c1-17-10-22(24-13-18-6-2-4-8-20(18)15-26-24)12-23(11-17)25-14-19-7-3-5-9-21(19)16-27-25;;/h2-11,13-16H,1H3;1H;/q-1;;+2/p-1. The summed E-state index contributed by atoms with van der Waals surface area (Å²) in [5.41, 5.74) is 5.01. The molecule has 0 amide bonds. The number of benzene rings is 3. The molecule has 0 aliphatic rings. The minimum absolute atomic E-state index is 0.930. The Balaban J connectivity index is 0.000000994. The molecular weight excluding hydrogens is 559 g/mol. The van der Waals surface area contributed by atoms with Gasteiger partial charge in [0.05, 0.1) is 0 Å². The van der Waals surface area contributed by atoms with E-state index < -0.39 is 0 Å². The fraction of sp³-hybridized carbons (Fsp3) is 0.0400. The molecule has 0 spiro atoms. The summed E-state index contributed by atoms with van der Waals surface area (Å²) in [6.07, 6.45) is 3.85. The van der Waals surface area contributed by atoms with E-state index in [1.165, 1.54) is 16.3 Å². The minimum atomic E-state index is 0.930. The number of rotatable bonds is 2. The van der Waals surface area contributed by atoms with E-state index in [9.17, 15) is 0 Å². The van der Waals surface area contributed by atoms with Gasteiger partial charge in [-0.05, 0) is 21.5 Å². The maximum absolute atomic E-state index is 4.65. The molecule has 0 aliphatic heterocycles. The molecule has 0 atom stereocenters. The van der Waals surface area contributed by atoms with Crippen molar-refractivity contribution in [2.45, 2.75) is 6.92 Å². The van der Waals surface area contributed by atoms with Crippen molar-refractivity contribution in [2.24, 2.45) is 0 Å². The number of halogens is 1. The molecule has 2 nitrogen and oxygen atoms in total. The van der Waals surface area contributed by atoms with Crippen LogP contribution in [0.2, 0.25) is 0 Å². The van der Waals surface area contributed by atoms with E-state index in [1.807, 2.05) is 24.5 Å². The molecule has 2 heterocycles. The van der Waals surface area contributed by atoms with Crippen LogP contribution in [-0.2, 0) is 18.8 Å². The second-order valence-corrected chi connectivity index (χ2v) is 6.82. The van der Waals surface area contributed by atoms with E-state index in [0.29, 0.717) is 0 Å². The van der Waals surface area contributed by atoms with Crippen LogP contribution in [0, 0.1) is 13.0 Å². The van der Waals surface area contributed by atoms with Gasteiger partial charge in [-0.3, -0.25) is 9.97 Å². The van der Waals surface area contributed by atoms with Crippen LogP contribution in [0.3, 0.4) is 0 Å². The molecule has 0 N–H and O–H groups in total. The molecule has 3 aromatic carbocycles. The first kappa shape index (κ1) is 19.8. The van der Waals surface area contributed by atoms with E-state index >= 15 is 0 Å². The molecule has 144 valence electrons. The van der Waals surface area contributed by atoms with E-state index in [0.717, 1.165) is 33.3 Å². The van der Waals surface area contributed by atoms with Crippen LogP contribution >= 0.6 is 9.42 Å². The van der Waals surface area contributed by atoms with Crippen LogP contribution < -0.4 is 0 Å². The van der Waals surface area contributed by atoms with Crippen LogP contribution in [-0.4, -0.2) is 9.97 Å². The zero-order valence-corrected chi connectivity index (χ0v) is 18.7. The fourth-order valence-corrected chi connectivity index (χ4v) is 3.45. The number of hydrogen-bond acceptors (Lipinski definition) is 2. The van der Waals surface area contributed by atoms with Crippen molar-refractivity contribution in [1.29, 1.82) is 0 Å². The molecular formula is C25H17ClN2Pt. The summed E-state index contributed by atoms with van der Waals surface area (Å²) in [5, 5.41) is 4.65. The third-order valence-electron chi connectivity index (χ3n) is 4.83. The average molecular weight is 576 g/mol. The normalized spacial score (nSPS) is 10.6. The Morgan fingerprint density at radius 1 is 0.655 bits per heavy atom. The molecule has 0 radical (unpaired) electrons. The number of fused-ring (bicyclic) bond motifs is 2. The third kappa shape index (κ3) is 4.24. The molecule has 5 aromatic rings. The van der Waals surface area contributed by atoms with Crippen LogP contribution in [0.1, 0.15) is 5.56 Å². The van der Waals surface area contributed by atoms with Crippen molar-refractivity contribution >= 4 is 31.0 Å². The molecule has 0 unspecified atom stereocenters. The van der Waals surface area contributed by atoms with E-state index in [-0.39, 0.29) is 0 Å². The Labute approximate surface area is 185 Å². The Kier molecular flexibility index (Phi) is 6.04. The summed E-state index contributed by atoms with van der Waals surface area (Å²) < 4.78 is 0. The third-order valence-corrected chi connectivity index (χ3v) is 4.83. The molecule has 0 bridgehead atoms. The zero-order valence-electron chi connectivity index (χ0n) is 15.7. The first-order valence-corrected chi connectivity index (χ1v) is 11.9. The van der Waals surface area contributed by atoms with E-state index in [2.05, 4.69) is 93.0 Å². The number of aromatic nitrogens is 2. The molecule has 0 aliphatic carbocycles. The van der Waals surface area contributed by atoms with Gasteiger partial charge in [0.15, 0.2) is 0 Å². The Morgan fingerprint density at radius 3 is 1.52 bits per heavy atom. The summed E-state index contributed by atoms with van der Waals surface area (Å²) in [5.74, 6) is 0. The second-order valence-electron chi connectivity index (χ2n) is 6.82. The number of nitrogens with zero attached hydrogens (tertiary/aromatic N) is 2. The maximum atomic E-state index is 4.65. The average Bonchev–Trinajstić information content (AvgIpc) is 2.79. The molecule has 0 saturated heterocycles. The van der Waals surface area contributed by atoms with Crippen LogP contribution in [0.4, 0.5) is 0 Å². The van der Waals surface area contributed by atoms with Crippen molar-refractivity contribution < 1.29 is 18.8 Å². The van der Waals surface area contributed by atoms with Gasteiger partial charge in [0.1, 0.15) is 0 Å². The Morgan fingerprint density at radius 2 is 1.07 bits per heavy atom. The predicted octanol–water partition coefficient (Wildman–Crippen LogP) is 6.91. The Bertz CT molecular complexity index is 1200. The van der Waals surface area contributed by atoms with Gasteiger partial charge in [-0.1, -0.05) is 78.7 Å². The monoisotopic (exact) mass is 575 g/mol. The van der Waals surface area contributed by atoms with Gasteiger partial charge in [0.25, 0.3) is 0 Å². The van der Waals surface area contributed by atoms with Crippen molar-refractivity contribution in [3.8, 4) is 22.5 Å². The van der Waals surface area contributed by atoms with Crippen LogP contribution in [0.5, 0.6) is 0 Å².